The Kier molecular flexibility index (Phi) is 3.25. The Morgan fingerprint density at radius 3 is 3.10 bits per heavy atom. The quantitative estimate of drug-likeness (QED) is 0.872. The van der Waals surface area contributed by atoms with Crippen LogP contribution < -0.4 is 10.1 Å². The minimum Gasteiger partial charge on any atom is -0.474 e. The van der Waals surface area contributed by atoms with Crippen LogP contribution in [0.4, 0.5) is 0 Å². The number of rotatable bonds is 3. The number of hydrogen-bond acceptors (Lipinski definition) is 4. The summed E-state index contributed by atoms with van der Waals surface area (Å²) in [4.78, 5) is 15.5. The fraction of sp³-hybridized carbons (Fsp3) is 0.462. The first-order chi connectivity index (χ1) is 9.52. The molecule has 1 aliphatic rings. The number of nitrogens with one attached hydrogen (secondary N) is 1. The lowest BCUT2D eigenvalue weighted by atomic mass is 10.0. The first kappa shape index (κ1) is 13.2. The number of aromatic nitrogens is 3. The average Bonchev–Trinajstić information content (AvgIpc) is 2.94. The molecule has 1 amide bonds. The highest BCUT2D eigenvalue weighted by molar-refractivity contribution is 6.30. The molecule has 106 valence electrons. The first-order valence-corrected chi connectivity index (χ1v) is 6.84. The molecule has 1 N–H and O–H groups in total. The predicted molar refractivity (Wildman–Crippen MR) is 74.7 cm³/mol. The molecule has 0 spiro atoms. The van der Waals surface area contributed by atoms with Gasteiger partial charge in [-0.05, 0) is 6.92 Å². The Balaban J connectivity index is 1.88. The second-order valence-electron chi connectivity index (χ2n) is 5.08. The largest absolute Gasteiger partial charge is 0.474 e. The summed E-state index contributed by atoms with van der Waals surface area (Å²) < 4.78 is 7.61. The summed E-state index contributed by atoms with van der Waals surface area (Å²) in [6.07, 6.45) is 2.21. The van der Waals surface area contributed by atoms with Gasteiger partial charge in [-0.25, -0.2) is 4.98 Å². The van der Waals surface area contributed by atoms with Gasteiger partial charge in [0, 0.05) is 38.2 Å². The molecule has 0 saturated carbocycles. The van der Waals surface area contributed by atoms with Crippen molar-refractivity contribution in [3.05, 3.63) is 17.4 Å². The van der Waals surface area contributed by atoms with E-state index in [0.717, 1.165) is 10.9 Å². The van der Waals surface area contributed by atoms with Crippen LogP contribution in [0, 0.1) is 5.92 Å². The lowest BCUT2D eigenvalue weighted by Crippen LogP contribution is -2.26. The molecule has 2 aromatic heterocycles. The molecule has 6 nitrogen and oxygen atoms in total. The molecule has 3 rings (SSSR count). The van der Waals surface area contributed by atoms with E-state index in [4.69, 9.17) is 16.3 Å². The molecule has 2 aromatic rings. The minimum atomic E-state index is -0.122. The molecule has 1 saturated heterocycles. The maximum atomic E-state index is 11.3. The molecule has 1 aliphatic heterocycles. The normalized spacial score (nSPS) is 20.1. The van der Waals surface area contributed by atoms with E-state index in [0.29, 0.717) is 24.0 Å². The Morgan fingerprint density at radius 1 is 1.60 bits per heavy atom. The maximum absolute atomic E-state index is 11.3. The zero-order valence-corrected chi connectivity index (χ0v) is 12.0. The number of ether oxygens (including phenoxy) is 1. The van der Waals surface area contributed by atoms with E-state index in [1.807, 2.05) is 20.2 Å². The van der Waals surface area contributed by atoms with Gasteiger partial charge in [-0.2, -0.15) is 5.10 Å². The summed E-state index contributed by atoms with van der Waals surface area (Å²) in [5, 5.41) is 8.27. The van der Waals surface area contributed by atoms with Gasteiger partial charge in [-0.1, -0.05) is 11.6 Å². The molecule has 1 unspecified atom stereocenters. The lowest BCUT2D eigenvalue weighted by molar-refractivity contribution is -0.119. The zero-order valence-electron chi connectivity index (χ0n) is 11.3. The molecule has 3 heterocycles. The third-order valence-corrected chi connectivity index (χ3v) is 3.72. The minimum absolute atomic E-state index is 0.0658. The second kappa shape index (κ2) is 4.94. The topological polar surface area (TPSA) is 69.0 Å². The number of nitrogens with zero attached hydrogens (tertiary/aromatic N) is 3. The molecule has 0 aliphatic carbocycles. The standard InChI is InChI=1S/C13H15ClN4O2/c1-7(8-3-12(19)15-5-8)20-13-9-6-18(2)17-10(9)4-11(14)16-13/h4,6-8H,3,5H2,1-2H3,(H,15,19)/t7-,8?/m1/s1. The Bertz CT molecular complexity index is 670. The van der Waals surface area contributed by atoms with Gasteiger partial charge in [-0.3, -0.25) is 9.48 Å². The average molecular weight is 295 g/mol. The Morgan fingerprint density at radius 2 is 2.40 bits per heavy atom. The van der Waals surface area contributed by atoms with Crippen molar-refractivity contribution in [1.29, 1.82) is 0 Å². The molecular weight excluding hydrogens is 280 g/mol. The first-order valence-electron chi connectivity index (χ1n) is 6.46. The molecule has 20 heavy (non-hydrogen) atoms. The number of fused-ring (bicyclic) bond motifs is 1. The number of aryl methyl sites for hydroxylation is 1. The van der Waals surface area contributed by atoms with Gasteiger partial charge in [0.15, 0.2) is 0 Å². The van der Waals surface area contributed by atoms with E-state index in [1.165, 1.54) is 0 Å². The molecule has 7 heteroatoms. The Labute approximate surface area is 121 Å². The molecule has 0 aromatic carbocycles. The van der Waals surface area contributed by atoms with Crippen LogP contribution in [0.5, 0.6) is 5.88 Å². The number of pyridine rings is 1. The lowest BCUT2D eigenvalue weighted by Gasteiger charge is -2.19. The van der Waals surface area contributed by atoms with Gasteiger partial charge in [0.1, 0.15) is 16.8 Å². The van der Waals surface area contributed by atoms with Crippen molar-refractivity contribution in [2.75, 3.05) is 6.54 Å². The van der Waals surface area contributed by atoms with Crippen LogP contribution >= 0.6 is 11.6 Å². The summed E-state index contributed by atoms with van der Waals surface area (Å²) in [7, 11) is 1.83. The summed E-state index contributed by atoms with van der Waals surface area (Å²) in [6.45, 7) is 2.58. The Hall–Kier alpha value is -1.82. The van der Waals surface area contributed by atoms with Crippen LogP contribution in [-0.4, -0.2) is 33.3 Å². The van der Waals surface area contributed by atoms with Crippen molar-refractivity contribution >= 4 is 28.4 Å². The molecule has 0 bridgehead atoms. The summed E-state index contributed by atoms with van der Waals surface area (Å²) >= 11 is 5.99. The van der Waals surface area contributed by atoms with Crippen LogP contribution in [-0.2, 0) is 11.8 Å². The second-order valence-corrected chi connectivity index (χ2v) is 5.46. The molecule has 1 fully saturated rings. The maximum Gasteiger partial charge on any atom is 0.226 e. The number of carbonyl (C=O) groups is 1. The van der Waals surface area contributed by atoms with Gasteiger partial charge in [0.25, 0.3) is 0 Å². The monoisotopic (exact) mass is 294 g/mol. The van der Waals surface area contributed by atoms with Crippen molar-refractivity contribution in [3.8, 4) is 5.88 Å². The van der Waals surface area contributed by atoms with Gasteiger partial charge < -0.3 is 10.1 Å². The van der Waals surface area contributed by atoms with Crippen molar-refractivity contribution in [2.45, 2.75) is 19.4 Å². The van der Waals surface area contributed by atoms with E-state index in [2.05, 4.69) is 15.4 Å². The zero-order chi connectivity index (χ0) is 14.3. The number of amides is 1. The van der Waals surface area contributed by atoms with E-state index in [-0.39, 0.29) is 17.9 Å². The summed E-state index contributed by atoms with van der Waals surface area (Å²) in [5.41, 5.74) is 0.746. The summed E-state index contributed by atoms with van der Waals surface area (Å²) in [5.74, 6) is 0.679. The van der Waals surface area contributed by atoms with Crippen LogP contribution in [0.15, 0.2) is 12.3 Å². The fourth-order valence-electron chi connectivity index (χ4n) is 2.40. The van der Waals surface area contributed by atoms with Crippen LogP contribution in [0.1, 0.15) is 13.3 Å². The van der Waals surface area contributed by atoms with Gasteiger partial charge in [0.05, 0.1) is 5.39 Å². The van der Waals surface area contributed by atoms with Crippen LogP contribution in [0.25, 0.3) is 10.9 Å². The van der Waals surface area contributed by atoms with E-state index >= 15 is 0 Å². The van der Waals surface area contributed by atoms with E-state index in [1.54, 1.807) is 10.7 Å². The van der Waals surface area contributed by atoms with Gasteiger partial charge in [0.2, 0.25) is 11.8 Å². The highest BCUT2D eigenvalue weighted by atomic mass is 35.5. The molecule has 0 radical (unpaired) electrons. The van der Waals surface area contributed by atoms with Crippen LogP contribution in [0.2, 0.25) is 5.15 Å². The van der Waals surface area contributed by atoms with Crippen molar-refractivity contribution < 1.29 is 9.53 Å². The van der Waals surface area contributed by atoms with E-state index in [9.17, 15) is 4.79 Å². The van der Waals surface area contributed by atoms with Crippen molar-refractivity contribution in [1.82, 2.24) is 20.1 Å². The van der Waals surface area contributed by atoms with E-state index < -0.39 is 0 Å². The van der Waals surface area contributed by atoms with Gasteiger partial charge >= 0.3 is 0 Å². The number of halogens is 1. The highest BCUT2D eigenvalue weighted by Gasteiger charge is 2.28. The molecule has 2 atom stereocenters. The smallest absolute Gasteiger partial charge is 0.226 e. The van der Waals surface area contributed by atoms with Crippen molar-refractivity contribution in [2.24, 2.45) is 13.0 Å². The molecular formula is C13H15ClN4O2. The predicted octanol–water partition coefficient (Wildman–Crippen LogP) is 1.53. The van der Waals surface area contributed by atoms with Gasteiger partial charge in [-0.15, -0.1) is 0 Å². The highest BCUT2D eigenvalue weighted by Crippen LogP contribution is 2.28. The van der Waals surface area contributed by atoms with Crippen LogP contribution in [0.3, 0.4) is 0 Å². The summed E-state index contributed by atoms with van der Waals surface area (Å²) in [6, 6.07) is 1.70. The fourth-order valence-corrected chi connectivity index (χ4v) is 2.58. The third kappa shape index (κ3) is 2.43. The number of carbonyl (C=O) groups excluding carboxylic acids is 1. The van der Waals surface area contributed by atoms with Crippen molar-refractivity contribution in [3.63, 3.8) is 0 Å². The SMILES string of the molecule is C[C@@H](Oc1nc(Cl)cc2nn(C)cc12)C1CNC(=O)C1. The third-order valence-electron chi connectivity index (χ3n) is 3.52. The number of hydrogen-bond donors (Lipinski definition) is 1.